The second kappa shape index (κ2) is 8.83. The summed E-state index contributed by atoms with van der Waals surface area (Å²) < 4.78 is 11.6. The molecule has 0 fully saturated rings. The summed E-state index contributed by atoms with van der Waals surface area (Å²) in [6, 6.07) is 15.7. The first-order valence-electron chi connectivity index (χ1n) is 7.84. The van der Waals surface area contributed by atoms with Crippen molar-refractivity contribution in [1.29, 1.82) is 0 Å². The lowest BCUT2D eigenvalue weighted by Gasteiger charge is -2.16. The number of ether oxygens (including phenoxy) is 2. The Morgan fingerprint density at radius 3 is 2.52 bits per heavy atom. The van der Waals surface area contributed by atoms with Crippen LogP contribution in [0.3, 0.4) is 0 Å². The van der Waals surface area contributed by atoms with Crippen molar-refractivity contribution in [2.45, 2.75) is 32.8 Å². The van der Waals surface area contributed by atoms with E-state index in [-0.39, 0.29) is 6.42 Å². The molecule has 0 radical (unpaired) electrons. The highest BCUT2D eigenvalue weighted by atomic mass is 16.5. The summed E-state index contributed by atoms with van der Waals surface area (Å²) in [5.74, 6) is 0.637. The molecule has 4 nitrogen and oxygen atoms in total. The van der Waals surface area contributed by atoms with E-state index in [1.54, 1.807) is 0 Å². The maximum Gasteiger partial charge on any atom is 0.303 e. The molecule has 0 aliphatic heterocycles. The van der Waals surface area contributed by atoms with Crippen LogP contribution in [-0.4, -0.2) is 17.7 Å². The van der Waals surface area contributed by atoms with Gasteiger partial charge < -0.3 is 14.6 Å². The minimum Gasteiger partial charge on any atom is -0.490 e. The summed E-state index contributed by atoms with van der Waals surface area (Å²) in [4.78, 5) is 10.7. The van der Waals surface area contributed by atoms with Gasteiger partial charge >= 0.3 is 5.97 Å². The zero-order valence-corrected chi connectivity index (χ0v) is 13.3. The minimum atomic E-state index is -0.780. The van der Waals surface area contributed by atoms with E-state index in [4.69, 9.17) is 14.6 Å². The first kappa shape index (κ1) is 16.9. The molecule has 2 rings (SSSR count). The standard InChI is InChI=1S/C19H22O4/c1-2-22-17-12-6-10-16(11-7-13-18(20)21)19(17)23-14-15-8-4-3-5-9-15/h3-6,8-10,12H,2,7,11,13-14H2,1H3,(H,20,21). The van der Waals surface area contributed by atoms with Crippen molar-refractivity contribution >= 4 is 5.97 Å². The number of hydrogen-bond donors (Lipinski definition) is 1. The van der Waals surface area contributed by atoms with Crippen molar-refractivity contribution in [3.8, 4) is 11.5 Å². The topological polar surface area (TPSA) is 55.8 Å². The number of carboxylic acid groups (broad SMARTS) is 1. The molecule has 0 spiro atoms. The van der Waals surface area contributed by atoms with E-state index in [1.165, 1.54) is 0 Å². The van der Waals surface area contributed by atoms with Gasteiger partial charge in [0, 0.05) is 6.42 Å². The van der Waals surface area contributed by atoms with Crippen LogP contribution >= 0.6 is 0 Å². The first-order chi connectivity index (χ1) is 11.2. The van der Waals surface area contributed by atoms with Crippen molar-refractivity contribution in [2.24, 2.45) is 0 Å². The van der Waals surface area contributed by atoms with E-state index in [0.717, 1.165) is 11.1 Å². The highest BCUT2D eigenvalue weighted by molar-refractivity contribution is 5.66. The fourth-order valence-electron chi connectivity index (χ4n) is 2.35. The summed E-state index contributed by atoms with van der Waals surface area (Å²) in [5.41, 5.74) is 2.06. The predicted octanol–water partition coefficient (Wildman–Crippen LogP) is 4.07. The van der Waals surface area contributed by atoms with Crippen LogP contribution in [0, 0.1) is 0 Å². The van der Waals surface area contributed by atoms with Gasteiger partial charge in [0.1, 0.15) is 6.61 Å². The Morgan fingerprint density at radius 2 is 1.83 bits per heavy atom. The Bertz CT molecular complexity index is 623. The van der Waals surface area contributed by atoms with Crippen molar-refractivity contribution < 1.29 is 19.4 Å². The van der Waals surface area contributed by atoms with Gasteiger partial charge in [0.25, 0.3) is 0 Å². The largest absolute Gasteiger partial charge is 0.490 e. The van der Waals surface area contributed by atoms with Crippen LogP contribution < -0.4 is 9.47 Å². The molecular formula is C19H22O4. The van der Waals surface area contributed by atoms with Crippen molar-refractivity contribution in [3.63, 3.8) is 0 Å². The average Bonchev–Trinajstić information content (AvgIpc) is 2.55. The highest BCUT2D eigenvalue weighted by Crippen LogP contribution is 2.33. The Balaban J connectivity index is 2.13. The highest BCUT2D eigenvalue weighted by Gasteiger charge is 2.12. The Labute approximate surface area is 136 Å². The van der Waals surface area contributed by atoms with E-state index in [2.05, 4.69) is 0 Å². The van der Waals surface area contributed by atoms with Gasteiger partial charge in [-0.2, -0.15) is 0 Å². The van der Waals surface area contributed by atoms with Crippen LogP contribution in [0.1, 0.15) is 30.9 Å². The van der Waals surface area contributed by atoms with Gasteiger partial charge in [-0.25, -0.2) is 0 Å². The number of para-hydroxylation sites is 1. The number of benzene rings is 2. The monoisotopic (exact) mass is 314 g/mol. The molecule has 0 bridgehead atoms. The van der Waals surface area contributed by atoms with Gasteiger partial charge in [-0.1, -0.05) is 42.5 Å². The summed E-state index contributed by atoms with van der Waals surface area (Å²) >= 11 is 0. The van der Waals surface area contributed by atoms with Crippen LogP contribution in [0.4, 0.5) is 0 Å². The molecule has 0 aromatic heterocycles. The number of rotatable bonds is 9. The number of hydrogen-bond acceptors (Lipinski definition) is 3. The predicted molar refractivity (Wildman–Crippen MR) is 89.0 cm³/mol. The Kier molecular flexibility index (Phi) is 6.48. The van der Waals surface area contributed by atoms with Crippen LogP contribution in [0.15, 0.2) is 48.5 Å². The molecular weight excluding hydrogens is 292 g/mol. The molecule has 0 heterocycles. The van der Waals surface area contributed by atoms with E-state index in [9.17, 15) is 4.79 Å². The molecule has 0 unspecified atom stereocenters. The van der Waals surface area contributed by atoms with Gasteiger partial charge in [-0.15, -0.1) is 0 Å². The van der Waals surface area contributed by atoms with E-state index >= 15 is 0 Å². The van der Waals surface area contributed by atoms with Crippen molar-refractivity contribution in [3.05, 3.63) is 59.7 Å². The summed E-state index contributed by atoms with van der Waals surface area (Å²) in [6.45, 7) is 2.94. The Hall–Kier alpha value is -2.49. The molecule has 4 heteroatoms. The lowest BCUT2D eigenvalue weighted by atomic mass is 10.1. The smallest absolute Gasteiger partial charge is 0.303 e. The molecule has 0 atom stereocenters. The van der Waals surface area contributed by atoms with Gasteiger partial charge in [0.15, 0.2) is 11.5 Å². The van der Waals surface area contributed by atoms with E-state index in [0.29, 0.717) is 37.6 Å². The van der Waals surface area contributed by atoms with Gasteiger partial charge in [-0.05, 0) is 37.0 Å². The molecule has 2 aromatic rings. The molecule has 0 amide bonds. The average molecular weight is 314 g/mol. The normalized spacial score (nSPS) is 10.3. The number of aryl methyl sites for hydroxylation is 1. The summed E-state index contributed by atoms with van der Waals surface area (Å²) in [6.07, 6.45) is 1.38. The third-order valence-electron chi connectivity index (χ3n) is 3.42. The van der Waals surface area contributed by atoms with E-state index < -0.39 is 5.97 Å². The second-order valence-electron chi connectivity index (χ2n) is 5.20. The quantitative estimate of drug-likeness (QED) is 0.758. The molecule has 0 aliphatic carbocycles. The number of aliphatic carboxylic acids is 1. The molecule has 0 saturated heterocycles. The van der Waals surface area contributed by atoms with Gasteiger partial charge in [0.2, 0.25) is 0 Å². The zero-order chi connectivity index (χ0) is 16.5. The summed E-state index contributed by atoms with van der Waals surface area (Å²) in [7, 11) is 0. The zero-order valence-electron chi connectivity index (χ0n) is 13.3. The van der Waals surface area contributed by atoms with Crippen molar-refractivity contribution in [1.82, 2.24) is 0 Å². The second-order valence-corrected chi connectivity index (χ2v) is 5.20. The lowest BCUT2D eigenvalue weighted by Crippen LogP contribution is -2.03. The SMILES string of the molecule is CCOc1cccc(CCCC(=O)O)c1OCc1ccccc1. The van der Waals surface area contributed by atoms with Crippen LogP contribution in [0.25, 0.3) is 0 Å². The summed E-state index contributed by atoms with van der Waals surface area (Å²) in [5, 5.41) is 8.80. The molecule has 23 heavy (non-hydrogen) atoms. The van der Waals surface area contributed by atoms with Gasteiger partial charge in [0.05, 0.1) is 6.61 Å². The molecule has 1 N–H and O–H groups in total. The molecule has 122 valence electrons. The number of carbonyl (C=O) groups is 1. The minimum absolute atomic E-state index is 0.150. The molecule has 0 aliphatic rings. The van der Waals surface area contributed by atoms with Crippen LogP contribution in [0.2, 0.25) is 0 Å². The first-order valence-corrected chi connectivity index (χ1v) is 7.84. The fraction of sp³-hybridized carbons (Fsp3) is 0.316. The maximum atomic E-state index is 10.7. The van der Waals surface area contributed by atoms with Crippen molar-refractivity contribution in [2.75, 3.05) is 6.61 Å². The number of carboxylic acids is 1. The Morgan fingerprint density at radius 1 is 1.04 bits per heavy atom. The third-order valence-corrected chi connectivity index (χ3v) is 3.42. The lowest BCUT2D eigenvalue weighted by molar-refractivity contribution is -0.137. The van der Waals surface area contributed by atoms with Crippen LogP contribution in [0.5, 0.6) is 11.5 Å². The fourth-order valence-corrected chi connectivity index (χ4v) is 2.35. The third kappa shape index (κ3) is 5.33. The molecule has 2 aromatic carbocycles. The molecule has 0 saturated carbocycles. The van der Waals surface area contributed by atoms with E-state index in [1.807, 2.05) is 55.5 Å². The maximum absolute atomic E-state index is 10.7. The van der Waals surface area contributed by atoms with Crippen LogP contribution in [-0.2, 0) is 17.8 Å². The van der Waals surface area contributed by atoms with Gasteiger partial charge in [-0.3, -0.25) is 4.79 Å².